The minimum absolute atomic E-state index is 0.0597. The van der Waals surface area contributed by atoms with E-state index >= 15 is 0 Å². The van der Waals surface area contributed by atoms with E-state index < -0.39 is 29.8 Å². The number of hydrogen-bond donors (Lipinski definition) is 0. The van der Waals surface area contributed by atoms with Crippen LogP contribution in [0.25, 0.3) is 0 Å². The summed E-state index contributed by atoms with van der Waals surface area (Å²) in [6.07, 6.45) is 0. The molecule has 0 unspecified atom stereocenters. The van der Waals surface area contributed by atoms with Gasteiger partial charge in [-0.25, -0.2) is 24.0 Å². The van der Waals surface area contributed by atoms with Gasteiger partial charge in [-0.2, -0.15) is 0 Å². The summed E-state index contributed by atoms with van der Waals surface area (Å²) >= 11 is 0. The molecule has 2 aromatic rings. The van der Waals surface area contributed by atoms with E-state index in [2.05, 4.69) is 26.3 Å². The molecule has 10 nitrogen and oxygen atoms in total. The minimum Gasteiger partial charge on any atom is -0.423 e. The van der Waals surface area contributed by atoms with E-state index in [0.717, 1.165) is 12.1 Å². The Balaban J connectivity index is 2.41. The lowest BCUT2D eigenvalue weighted by molar-refractivity contribution is -0.132. The normalized spacial score (nSPS) is 9.95. The summed E-state index contributed by atoms with van der Waals surface area (Å²) in [6.45, 7) is 19.7. The van der Waals surface area contributed by atoms with Gasteiger partial charge in [0, 0.05) is 28.4 Å². The zero-order chi connectivity index (χ0) is 29.4. The molecule has 0 fully saturated rings. The van der Waals surface area contributed by atoms with E-state index in [1.54, 1.807) is 0 Å². The molecule has 0 atom stereocenters. The van der Waals surface area contributed by atoms with E-state index in [1.165, 1.54) is 52.0 Å². The smallest absolute Gasteiger partial charge is 0.343 e. The summed E-state index contributed by atoms with van der Waals surface area (Å²) in [5.74, 6) is -4.92. The first-order valence-electron chi connectivity index (χ1n) is 11.2. The minimum atomic E-state index is -0.913. The Morgan fingerprint density at radius 3 is 1.26 bits per heavy atom. The SMILES string of the molecule is C=C(C)C(=O)Oc1ccc(OC(=O)c2ccc(OC(=O)C(=C)C)c(OC(=O)C(=C)C)c2)cc1OC(=O)C(=C)C. The molecule has 0 amide bonds. The van der Waals surface area contributed by atoms with E-state index in [-0.39, 0.29) is 56.6 Å². The summed E-state index contributed by atoms with van der Waals surface area (Å²) in [4.78, 5) is 61.0. The molecular formula is C29H26O10. The van der Waals surface area contributed by atoms with Crippen LogP contribution in [-0.4, -0.2) is 29.8 Å². The molecule has 10 heteroatoms. The number of benzene rings is 2. The van der Waals surface area contributed by atoms with Gasteiger partial charge in [0.2, 0.25) is 0 Å². The van der Waals surface area contributed by atoms with Crippen molar-refractivity contribution < 1.29 is 47.7 Å². The number of esters is 5. The third-order valence-corrected chi connectivity index (χ3v) is 4.51. The predicted octanol–water partition coefficient (Wildman–Crippen LogP) is 4.83. The summed E-state index contributed by atoms with van der Waals surface area (Å²) in [6, 6.07) is 7.35. The maximum Gasteiger partial charge on any atom is 0.343 e. The fraction of sp³-hybridized carbons (Fsp3) is 0.138. The van der Waals surface area contributed by atoms with Crippen LogP contribution in [0.3, 0.4) is 0 Å². The Hall–Kier alpha value is -5.25. The third-order valence-electron chi connectivity index (χ3n) is 4.51. The zero-order valence-electron chi connectivity index (χ0n) is 21.9. The van der Waals surface area contributed by atoms with Crippen molar-refractivity contribution in [3.05, 3.63) is 90.6 Å². The maximum absolute atomic E-state index is 12.9. The second-order valence-electron chi connectivity index (χ2n) is 8.34. The Kier molecular flexibility index (Phi) is 9.85. The molecule has 0 saturated carbocycles. The Bertz CT molecular complexity index is 1430. The fourth-order valence-electron chi connectivity index (χ4n) is 2.43. The second kappa shape index (κ2) is 12.8. The van der Waals surface area contributed by atoms with Crippen molar-refractivity contribution in [2.45, 2.75) is 27.7 Å². The van der Waals surface area contributed by atoms with E-state index in [1.807, 2.05) is 0 Å². The standard InChI is InChI=1S/C29H26O10/c1-15(2)25(30)36-21-11-9-19(13-23(21)38-27(32)17(5)6)29(34)35-20-10-12-22(37-26(31)16(3)4)24(14-20)39-28(33)18(7)8/h9-14H,1,3,5,7H2,2,4,6,8H3. The van der Waals surface area contributed by atoms with Crippen LogP contribution in [-0.2, 0) is 19.2 Å². The second-order valence-corrected chi connectivity index (χ2v) is 8.34. The molecule has 2 rings (SSSR count). The van der Waals surface area contributed by atoms with Gasteiger partial charge in [-0.15, -0.1) is 0 Å². The van der Waals surface area contributed by atoms with Crippen LogP contribution in [0.5, 0.6) is 28.7 Å². The van der Waals surface area contributed by atoms with Crippen molar-refractivity contribution in [3.8, 4) is 28.7 Å². The molecule has 0 spiro atoms. The monoisotopic (exact) mass is 534 g/mol. The number of rotatable bonds is 10. The Morgan fingerprint density at radius 1 is 0.487 bits per heavy atom. The fourth-order valence-corrected chi connectivity index (χ4v) is 2.43. The molecular weight excluding hydrogens is 508 g/mol. The lowest BCUT2D eigenvalue weighted by Crippen LogP contribution is -2.15. The van der Waals surface area contributed by atoms with E-state index in [9.17, 15) is 24.0 Å². The average Bonchev–Trinajstić information content (AvgIpc) is 2.85. The number of carbonyl (C=O) groups is 5. The van der Waals surface area contributed by atoms with Crippen LogP contribution in [0.2, 0.25) is 0 Å². The zero-order valence-corrected chi connectivity index (χ0v) is 21.9. The van der Waals surface area contributed by atoms with Crippen molar-refractivity contribution in [3.63, 3.8) is 0 Å². The topological polar surface area (TPSA) is 132 Å². The summed E-state index contributed by atoms with van der Waals surface area (Å²) in [5.41, 5.74) is 0.232. The molecule has 202 valence electrons. The molecule has 0 bridgehead atoms. The first-order valence-corrected chi connectivity index (χ1v) is 11.2. The molecule has 0 heterocycles. The van der Waals surface area contributed by atoms with Crippen molar-refractivity contribution in [2.24, 2.45) is 0 Å². The van der Waals surface area contributed by atoms with Crippen LogP contribution in [0.4, 0.5) is 0 Å². The van der Waals surface area contributed by atoms with Gasteiger partial charge in [-0.1, -0.05) is 26.3 Å². The highest BCUT2D eigenvalue weighted by atomic mass is 16.6. The highest BCUT2D eigenvalue weighted by molar-refractivity contribution is 5.95. The molecule has 2 aromatic carbocycles. The molecule has 0 aliphatic carbocycles. The van der Waals surface area contributed by atoms with Gasteiger partial charge in [0.25, 0.3) is 0 Å². The van der Waals surface area contributed by atoms with E-state index in [4.69, 9.17) is 23.7 Å². The molecule has 0 N–H and O–H groups in total. The van der Waals surface area contributed by atoms with Crippen molar-refractivity contribution in [1.82, 2.24) is 0 Å². The Morgan fingerprint density at radius 2 is 0.846 bits per heavy atom. The van der Waals surface area contributed by atoms with Gasteiger partial charge in [-0.3, -0.25) is 0 Å². The third kappa shape index (κ3) is 8.39. The summed E-state index contributed by atoms with van der Waals surface area (Å²) < 4.78 is 26.1. The lowest BCUT2D eigenvalue weighted by Gasteiger charge is -2.14. The highest BCUT2D eigenvalue weighted by Gasteiger charge is 2.21. The van der Waals surface area contributed by atoms with Gasteiger partial charge in [-0.05, 0) is 58.0 Å². The van der Waals surface area contributed by atoms with Gasteiger partial charge in [0.15, 0.2) is 23.0 Å². The molecule has 39 heavy (non-hydrogen) atoms. The van der Waals surface area contributed by atoms with Crippen LogP contribution >= 0.6 is 0 Å². The van der Waals surface area contributed by atoms with E-state index in [0.29, 0.717) is 0 Å². The summed E-state index contributed by atoms with van der Waals surface area (Å²) in [5, 5.41) is 0. The van der Waals surface area contributed by atoms with Crippen LogP contribution in [0, 0.1) is 0 Å². The highest BCUT2D eigenvalue weighted by Crippen LogP contribution is 2.34. The first-order chi connectivity index (χ1) is 18.2. The lowest BCUT2D eigenvalue weighted by atomic mass is 10.2. The van der Waals surface area contributed by atoms with Crippen molar-refractivity contribution in [1.29, 1.82) is 0 Å². The molecule has 0 aliphatic heterocycles. The molecule has 0 aliphatic rings. The average molecular weight is 535 g/mol. The number of hydrogen-bond acceptors (Lipinski definition) is 10. The maximum atomic E-state index is 12.9. The quantitative estimate of drug-likeness (QED) is 0.237. The number of ether oxygens (including phenoxy) is 5. The molecule has 0 saturated heterocycles. The Labute approximate surface area is 224 Å². The van der Waals surface area contributed by atoms with Crippen molar-refractivity contribution >= 4 is 29.8 Å². The van der Waals surface area contributed by atoms with Gasteiger partial charge < -0.3 is 23.7 Å². The first kappa shape index (κ1) is 30.0. The van der Waals surface area contributed by atoms with Crippen LogP contribution < -0.4 is 23.7 Å². The van der Waals surface area contributed by atoms with Gasteiger partial charge in [0.05, 0.1) is 5.56 Å². The largest absolute Gasteiger partial charge is 0.423 e. The summed E-state index contributed by atoms with van der Waals surface area (Å²) in [7, 11) is 0. The van der Waals surface area contributed by atoms with Crippen LogP contribution in [0.15, 0.2) is 85.0 Å². The van der Waals surface area contributed by atoms with Crippen molar-refractivity contribution in [2.75, 3.05) is 0 Å². The predicted molar refractivity (Wildman–Crippen MR) is 140 cm³/mol. The van der Waals surface area contributed by atoms with Gasteiger partial charge in [0.1, 0.15) is 5.75 Å². The molecule has 0 aromatic heterocycles. The molecule has 0 radical (unpaired) electrons. The number of carbonyl (C=O) groups excluding carboxylic acids is 5. The van der Waals surface area contributed by atoms with Crippen LogP contribution in [0.1, 0.15) is 38.1 Å². The van der Waals surface area contributed by atoms with Gasteiger partial charge >= 0.3 is 29.8 Å².